The van der Waals surface area contributed by atoms with E-state index in [1.165, 1.54) is 97.1 Å². The first-order valence-corrected chi connectivity index (χ1v) is 13.1. The van der Waals surface area contributed by atoms with Gasteiger partial charge in [0.15, 0.2) is 0 Å². The van der Waals surface area contributed by atoms with Crippen molar-refractivity contribution in [2.45, 2.75) is 71.8 Å². The fourth-order valence-corrected chi connectivity index (χ4v) is 4.78. The summed E-state index contributed by atoms with van der Waals surface area (Å²) in [4.78, 5) is 8.00. The lowest BCUT2D eigenvalue weighted by Crippen LogP contribution is -2.48. The molecule has 0 aromatic rings. The van der Waals surface area contributed by atoms with E-state index in [0.717, 1.165) is 22.7 Å². The maximum atomic E-state index is 5.65. The van der Waals surface area contributed by atoms with Gasteiger partial charge >= 0.3 is 0 Å². The molecule has 0 atom stereocenters. The van der Waals surface area contributed by atoms with Crippen LogP contribution in [-0.4, -0.2) is 102 Å². The lowest BCUT2D eigenvalue weighted by Gasteiger charge is -2.36. The van der Waals surface area contributed by atoms with Crippen LogP contribution in [0, 0.1) is 0 Å². The molecular weight excluding hydrogens is 366 g/mol. The van der Waals surface area contributed by atoms with Gasteiger partial charge < -0.3 is 19.3 Å². The van der Waals surface area contributed by atoms with Crippen molar-refractivity contribution >= 4 is 9.52 Å². The molecule has 0 aliphatic carbocycles. The molecule has 2 radical (unpaired) electrons. The highest BCUT2D eigenvalue weighted by atomic mass is 28.2. The Bertz CT molecular complexity index is 328. The van der Waals surface area contributed by atoms with Gasteiger partial charge in [-0.3, -0.25) is 4.90 Å². The molecule has 0 spiro atoms. The van der Waals surface area contributed by atoms with Crippen molar-refractivity contribution in [3.05, 3.63) is 0 Å². The second kappa shape index (κ2) is 17.8. The number of nitrogens with zero attached hydrogens (tertiary/aromatic N) is 3. The molecule has 0 saturated carbocycles. The van der Waals surface area contributed by atoms with Crippen molar-refractivity contribution in [1.82, 2.24) is 14.7 Å². The van der Waals surface area contributed by atoms with Crippen LogP contribution in [0.5, 0.6) is 0 Å². The molecule has 1 fully saturated rings. The number of ether oxygens (including phenoxy) is 2. The molecule has 0 aromatic carbocycles. The van der Waals surface area contributed by atoms with Crippen LogP contribution in [0.15, 0.2) is 0 Å². The summed E-state index contributed by atoms with van der Waals surface area (Å²) in [7, 11) is 0.762. The Kier molecular flexibility index (Phi) is 16.6. The Morgan fingerprint density at radius 3 is 1.79 bits per heavy atom. The normalized spacial score (nSPS) is 16.5. The van der Waals surface area contributed by atoms with Crippen molar-refractivity contribution in [2.75, 3.05) is 72.1 Å². The van der Waals surface area contributed by atoms with Gasteiger partial charge in [-0.1, -0.05) is 32.7 Å². The molecule has 0 N–H and O–H groups in total. The van der Waals surface area contributed by atoms with Crippen molar-refractivity contribution < 1.29 is 9.47 Å². The van der Waals surface area contributed by atoms with Crippen molar-refractivity contribution in [3.8, 4) is 0 Å². The molecule has 0 amide bonds. The first-order chi connectivity index (χ1) is 13.7. The minimum absolute atomic E-state index is 0.0233. The van der Waals surface area contributed by atoms with Gasteiger partial charge in [-0.25, -0.2) is 0 Å². The zero-order chi connectivity index (χ0) is 20.5. The third-order valence-corrected chi connectivity index (χ3v) is 6.76. The second-order valence-electron chi connectivity index (χ2n) is 7.78. The van der Waals surface area contributed by atoms with E-state index in [1.54, 1.807) is 0 Å². The number of piperazine rings is 1. The van der Waals surface area contributed by atoms with Gasteiger partial charge in [0.05, 0.1) is 0 Å². The summed E-state index contributed by atoms with van der Waals surface area (Å²) >= 11 is 0. The van der Waals surface area contributed by atoms with Gasteiger partial charge in [0, 0.05) is 52.5 Å². The number of hydrogen-bond acceptors (Lipinski definition) is 5. The number of hydrogen-bond donors (Lipinski definition) is 0. The smallest absolute Gasteiger partial charge is 0.137 e. The summed E-state index contributed by atoms with van der Waals surface area (Å²) in [5, 5.41) is 0. The lowest BCUT2D eigenvalue weighted by molar-refractivity contribution is -0.0828. The minimum Gasteiger partial charge on any atom is -0.357 e. The van der Waals surface area contributed by atoms with E-state index >= 15 is 0 Å². The molecule has 6 heteroatoms. The Morgan fingerprint density at radius 2 is 1.29 bits per heavy atom. The van der Waals surface area contributed by atoms with E-state index in [2.05, 4.69) is 28.5 Å². The predicted molar refractivity (Wildman–Crippen MR) is 121 cm³/mol. The first kappa shape index (κ1) is 26.1. The summed E-state index contributed by atoms with van der Waals surface area (Å²) in [6.07, 6.45) is 6.55. The zero-order valence-electron chi connectivity index (χ0n) is 19.3. The van der Waals surface area contributed by atoms with Crippen molar-refractivity contribution in [1.29, 1.82) is 0 Å². The van der Waals surface area contributed by atoms with E-state index in [0.29, 0.717) is 0 Å². The summed E-state index contributed by atoms with van der Waals surface area (Å²) in [5.41, 5.74) is 0. The molecule has 1 aliphatic rings. The van der Waals surface area contributed by atoms with Gasteiger partial charge in [-0.05, 0) is 52.7 Å². The van der Waals surface area contributed by atoms with E-state index in [4.69, 9.17) is 9.47 Å². The Morgan fingerprint density at radius 1 is 0.750 bits per heavy atom. The van der Waals surface area contributed by atoms with Crippen molar-refractivity contribution in [2.24, 2.45) is 0 Å². The van der Waals surface area contributed by atoms with Crippen LogP contribution in [0.1, 0.15) is 59.8 Å². The summed E-state index contributed by atoms with van der Waals surface area (Å²) in [5.74, 6) is 0.0233. The predicted octanol–water partition coefficient (Wildman–Crippen LogP) is 3.38. The zero-order valence-corrected chi connectivity index (χ0v) is 20.3. The van der Waals surface area contributed by atoms with Crippen LogP contribution in [-0.2, 0) is 9.47 Å². The molecular formula is C22H47N3O2Si. The quantitative estimate of drug-likeness (QED) is 0.195. The van der Waals surface area contributed by atoms with Gasteiger partial charge in [0.25, 0.3) is 0 Å². The van der Waals surface area contributed by atoms with Gasteiger partial charge in [0.2, 0.25) is 0 Å². The van der Waals surface area contributed by atoms with E-state index in [-0.39, 0.29) is 5.91 Å². The molecule has 1 saturated heterocycles. The molecule has 5 nitrogen and oxygen atoms in total. The molecule has 28 heavy (non-hydrogen) atoms. The Labute approximate surface area is 177 Å². The fraction of sp³-hybridized carbons (Fsp3) is 1.00. The largest absolute Gasteiger partial charge is 0.357 e. The third kappa shape index (κ3) is 12.6. The van der Waals surface area contributed by atoms with Crippen LogP contribution >= 0.6 is 0 Å². The topological polar surface area (TPSA) is 28.2 Å². The highest BCUT2D eigenvalue weighted by molar-refractivity contribution is 6.36. The standard InChI is InChI=1S/C22H47N3O2Si/c1-5-9-12-23(13-10-6-2)15-18-25-19-16-24(17-20-25)14-11-21-28-22(26-7-3)27-8-4/h22H,5-21H2,1-4H3. The van der Waals surface area contributed by atoms with Gasteiger partial charge in [0.1, 0.15) is 15.4 Å². The summed E-state index contributed by atoms with van der Waals surface area (Å²) in [6, 6.07) is 1.22. The average Bonchev–Trinajstić information content (AvgIpc) is 2.71. The highest BCUT2D eigenvalue weighted by Gasteiger charge is 2.17. The van der Waals surface area contributed by atoms with Crippen LogP contribution in [0.3, 0.4) is 0 Å². The molecule has 166 valence electrons. The molecule has 1 rings (SSSR count). The lowest BCUT2D eigenvalue weighted by atomic mass is 10.2. The number of unbranched alkanes of at least 4 members (excludes halogenated alkanes) is 2. The fourth-order valence-electron chi connectivity index (χ4n) is 3.61. The maximum Gasteiger partial charge on any atom is 0.137 e. The van der Waals surface area contributed by atoms with Crippen molar-refractivity contribution in [3.63, 3.8) is 0 Å². The molecule has 1 aliphatic heterocycles. The van der Waals surface area contributed by atoms with Gasteiger partial charge in [-0.2, -0.15) is 0 Å². The number of rotatable bonds is 18. The van der Waals surface area contributed by atoms with E-state index in [9.17, 15) is 0 Å². The van der Waals surface area contributed by atoms with E-state index < -0.39 is 0 Å². The monoisotopic (exact) mass is 413 g/mol. The summed E-state index contributed by atoms with van der Waals surface area (Å²) < 4.78 is 11.3. The Balaban J connectivity index is 2.13. The van der Waals surface area contributed by atoms with Crippen LogP contribution in [0.25, 0.3) is 0 Å². The Hall–Kier alpha value is 0.0169. The molecule has 0 bridgehead atoms. The van der Waals surface area contributed by atoms with Gasteiger partial charge in [-0.15, -0.1) is 0 Å². The van der Waals surface area contributed by atoms with Crippen LogP contribution in [0.4, 0.5) is 0 Å². The maximum absolute atomic E-state index is 5.65. The SMILES string of the molecule is CCCCN(CCCC)CCN1CCN(CCC[Si]C(OCC)OCC)CC1. The van der Waals surface area contributed by atoms with Crippen LogP contribution in [0.2, 0.25) is 6.04 Å². The molecule has 1 heterocycles. The highest BCUT2D eigenvalue weighted by Crippen LogP contribution is 2.06. The van der Waals surface area contributed by atoms with Crippen LogP contribution < -0.4 is 0 Å². The second-order valence-corrected chi connectivity index (χ2v) is 9.16. The molecule has 0 aromatic heterocycles. The molecule has 0 unspecified atom stereocenters. The third-order valence-electron chi connectivity index (χ3n) is 5.45. The minimum atomic E-state index is 0.0233. The first-order valence-electron chi connectivity index (χ1n) is 11.9. The van der Waals surface area contributed by atoms with E-state index in [1.807, 2.05) is 13.8 Å². The average molecular weight is 414 g/mol. The summed E-state index contributed by atoms with van der Waals surface area (Å²) in [6.45, 7) is 21.4.